The fraction of sp³-hybridized carbons (Fsp3) is 0.211. The van der Waals surface area contributed by atoms with Gasteiger partial charge in [0.25, 0.3) is 0 Å². The third-order valence-electron chi connectivity index (χ3n) is 4.53. The van der Waals surface area contributed by atoms with Crippen molar-refractivity contribution >= 4 is 11.3 Å². The van der Waals surface area contributed by atoms with Crippen LogP contribution < -0.4 is 5.43 Å². The zero-order valence-corrected chi connectivity index (χ0v) is 14.0. The molecule has 5 nitrogen and oxygen atoms in total. The van der Waals surface area contributed by atoms with Crippen molar-refractivity contribution in [2.24, 2.45) is 4.99 Å². The van der Waals surface area contributed by atoms with E-state index in [9.17, 15) is 10.2 Å². The van der Waals surface area contributed by atoms with E-state index in [0.29, 0.717) is 0 Å². The van der Waals surface area contributed by atoms with Crippen molar-refractivity contribution in [2.45, 2.75) is 19.9 Å². The maximum atomic E-state index is 9.88. The van der Waals surface area contributed by atoms with E-state index < -0.39 is 0 Å². The highest BCUT2D eigenvalue weighted by Crippen LogP contribution is 2.39. The number of phenols is 2. The van der Waals surface area contributed by atoms with Gasteiger partial charge in [0.1, 0.15) is 6.04 Å². The average Bonchev–Trinajstić information content (AvgIpc) is 2.97. The van der Waals surface area contributed by atoms with Crippen molar-refractivity contribution in [1.82, 2.24) is 4.68 Å². The summed E-state index contributed by atoms with van der Waals surface area (Å²) in [6.45, 7) is 7.98. The molecule has 0 amide bonds. The van der Waals surface area contributed by atoms with Crippen LogP contribution in [-0.4, -0.2) is 27.6 Å². The van der Waals surface area contributed by atoms with Gasteiger partial charge in [-0.2, -0.15) is 0 Å². The second-order valence-electron chi connectivity index (χ2n) is 5.83. The smallest absolute Gasteiger partial charge is 0.157 e. The van der Waals surface area contributed by atoms with E-state index in [4.69, 9.17) is 4.99 Å². The first-order valence-electron chi connectivity index (χ1n) is 7.77. The molecule has 24 heavy (non-hydrogen) atoms. The minimum atomic E-state index is -0.290. The van der Waals surface area contributed by atoms with E-state index in [1.54, 1.807) is 18.2 Å². The van der Waals surface area contributed by atoms with Crippen LogP contribution >= 0.6 is 0 Å². The lowest BCUT2D eigenvalue weighted by Gasteiger charge is -2.15. The van der Waals surface area contributed by atoms with Crippen molar-refractivity contribution in [3.8, 4) is 11.5 Å². The monoisotopic (exact) mass is 323 g/mol. The van der Waals surface area contributed by atoms with Gasteiger partial charge in [0.05, 0.1) is 11.4 Å². The highest BCUT2D eigenvalue weighted by molar-refractivity contribution is 6.13. The van der Waals surface area contributed by atoms with Crippen LogP contribution in [0, 0.1) is 0 Å². The number of aromatic nitrogens is 1. The summed E-state index contributed by atoms with van der Waals surface area (Å²) in [5.74, 6) is -0.290. The Bertz CT molecular complexity index is 875. The van der Waals surface area contributed by atoms with Crippen LogP contribution in [0.3, 0.4) is 0 Å². The summed E-state index contributed by atoms with van der Waals surface area (Å²) in [6, 6.07) is 6.55. The fourth-order valence-corrected chi connectivity index (χ4v) is 3.10. The van der Waals surface area contributed by atoms with Gasteiger partial charge in [0, 0.05) is 18.8 Å². The maximum Gasteiger partial charge on any atom is 0.157 e. The predicted octanol–water partition coefficient (Wildman–Crippen LogP) is 3.60. The van der Waals surface area contributed by atoms with Crippen LogP contribution in [0.2, 0.25) is 0 Å². The standard InChI is InChI=1S/C19H21N3O2/c1-5-15-11(2)12(3)19-14(8-9-22(19)20-4)18(21-15)13-6-7-16(23)17(24)10-13/h5-10,18,20,23-24H,1H2,2-4H3. The molecule has 2 aromatic rings. The molecule has 0 spiro atoms. The number of hydrogen-bond donors (Lipinski definition) is 3. The van der Waals surface area contributed by atoms with Crippen LogP contribution in [0.5, 0.6) is 11.5 Å². The molecule has 0 bridgehead atoms. The van der Waals surface area contributed by atoms with Crippen LogP contribution in [0.1, 0.15) is 36.7 Å². The second kappa shape index (κ2) is 5.92. The quantitative estimate of drug-likeness (QED) is 0.756. The summed E-state index contributed by atoms with van der Waals surface area (Å²) in [5.41, 5.74) is 9.05. The maximum absolute atomic E-state index is 9.88. The predicted molar refractivity (Wildman–Crippen MR) is 97.2 cm³/mol. The molecule has 1 atom stereocenters. The number of rotatable bonds is 3. The summed E-state index contributed by atoms with van der Waals surface area (Å²) < 4.78 is 1.96. The molecular formula is C19H21N3O2. The number of phenolic OH excluding ortho intramolecular Hbond substituents is 2. The molecule has 1 aliphatic heterocycles. The number of fused-ring (bicyclic) bond motifs is 1. The van der Waals surface area contributed by atoms with Gasteiger partial charge in [0.2, 0.25) is 0 Å². The molecule has 0 saturated heterocycles. The Morgan fingerprint density at radius 2 is 1.92 bits per heavy atom. The van der Waals surface area contributed by atoms with E-state index in [0.717, 1.165) is 33.7 Å². The molecule has 0 aliphatic carbocycles. The zero-order valence-electron chi connectivity index (χ0n) is 14.0. The van der Waals surface area contributed by atoms with Crippen molar-refractivity contribution in [3.05, 3.63) is 65.5 Å². The number of nitrogens with one attached hydrogen (secondary N) is 1. The van der Waals surface area contributed by atoms with Gasteiger partial charge in [-0.3, -0.25) is 9.67 Å². The zero-order chi connectivity index (χ0) is 17.4. The summed E-state index contributed by atoms with van der Waals surface area (Å²) in [6.07, 6.45) is 3.71. The van der Waals surface area contributed by atoms with Crippen molar-refractivity contribution in [1.29, 1.82) is 0 Å². The summed E-state index contributed by atoms with van der Waals surface area (Å²) in [5, 5.41) is 19.5. The Morgan fingerprint density at radius 1 is 1.17 bits per heavy atom. The van der Waals surface area contributed by atoms with Crippen molar-refractivity contribution < 1.29 is 10.2 Å². The summed E-state index contributed by atoms with van der Waals surface area (Å²) in [7, 11) is 1.87. The highest BCUT2D eigenvalue weighted by Gasteiger charge is 2.26. The Morgan fingerprint density at radius 3 is 2.54 bits per heavy atom. The normalized spacial score (nSPS) is 17.1. The third kappa shape index (κ3) is 2.38. The molecule has 1 aliphatic rings. The molecule has 0 fully saturated rings. The second-order valence-corrected chi connectivity index (χ2v) is 5.83. The molecule has 2 heterocycles. The molecule has 1 aromatic heterocycles. The Balaban J connectivity index is 2.28. The molecule has 3 N–H and O–H groups in total. The SMILES string of the molecule is C=CC1=NC(c2ccc(O)c(O)c2)c2ccn(NC)c2C(C)=C1C. The molecule has 1 aromatic carbocycles. The lowest BCUT2D eigenvalue weighted by molar-refractivity contribution is 0.403. The largest absolute Gasteiger partial charge is 0.504 e. The topological polar surface area (TPSA) is 69.8 Å². The number of aromatic hydroxyl groups is 2. The van der Waals surface area contributed by atoms with Gasteiger partial charge < -0.3 is 15.6 Å². The van der Waals surface area contributed by atoms with Crippen LogP contribution in [0.15, 0.2) is 53.7 Å². The number of aliphatic imine (C=N–C) groups is 1. The van der Waals surface area contributed by atoms with Crippen molar-refractivity contribution in [2.75, 3.05) is 12.5 Å². The Hall–Kier alpha value is -2.95. The van der Waals surface area contributed by atoms with E-state index in [1.165, 1.54) is 6.07 Å². The van der Waals surface area contributed by atoms with Crippen molar-refractivity contribution in [3.63, 3.8) is 0 Å². The van der Waals surface area contributed by atoms with Crippen LogP contribution in [0.25, 0.3) is 5.57 Å². The molecule has 124 valence electrons. The minimum Gasteiger partial charge on any atom is -0.504 e. The average molecular weight is 323 g/mol. The van der Waals surface area contributed by atoms with Crippen LogP contribution in [0.4, 0.5) is 0 Å². The fourth-order valence-electron chi connectivity index (χ4n) is 3.10. The van der Waals surface area contributed by atoms with E-state index in [1.807, 2.05) is 30.9 Å². The molecular weight excluding hydrogens is 302 g/mol. The number of nitrogens with zero attached hydrogens (tertiary/aromatic N) is 2. The molecule has 0 radical (unpaired) electrons. The lowest BCUT2D eigenvalue weighted by atomic mass is 9.96. The minimum absolute atomic E-state index is 0.140. The van der Waals surface area contributed by atoms with E-state index >= 15 is 0 Å². The molecule has 5 heteroatoms. The highest BCUT2D eigenvalue weighted by atomic mass is 16.3. The number of allylic oxidation sites excluding steroid dienone is 3. The number of hydrogen-bond acceptors (Lipinski definition) is 4. The summed E-state index contributed by atoms with van der Waals surface area (Å²) >= 11 is 0. The molecule has 1 unspecified atom stereocenters. The number of benzene rings is 1. The van der Waals surface area contributed by atoms with Gasteiger partial charge in [-0.1, -0.05) is 12.6 Å². The molecule has 0 saturated carbocycles. The summed E-state index contributed by atoms with van der Waals surface area (Å²) in [4.78, 5) is 4.86. The van der Waals surface area contributed by atoms with E-state index in [-0.39, 0.29) is 17.5 Å². The lowest BCUT2D eigenvalue weighted by Crippen LogP contribution is -2.12. The van der Waals surface area contributed by atoms with Gasteiger partial charge in [-0.05, 0) is 54.8 Å². The molecule has 3 rings (SSSR count). The van der Waals surface area contributed by atoms with Gasteiger partial charge in [-0.15, -0.1) is 0 Å². The third-order valence-corrected chi connectivity index (χ3v) is 4.53. The first-order chi connectivity index (χ1) is 11.5. The first kappa shape index (κ1) is 15.9. The Labute approximate surface area is 141 Å². The Kier molecular flexibility index (Phi) is 3.93. The van der Waals surface area contributed by atoms with E-state index in [2.05, 4.69) is 18.9 Å². The van der Waals surface area contributed by atoms with Gasteiger partial charge in [0.15, 0.2) is 11.5 Å². The van der Waals surface area contributed by atoms with Gasteiger partial charge in [-0.25, -0.2) is 0 Å². The van der Waals surface area contributed by atoms with Crippen LogP contribution in [-0.2, 0) is 0 Å². The van der Waals surface area contributed by atoms with Gasteiger partial charge >= 0.3 is 0 Å². The first-order valence-corrected chi connectivity index (χ1v) is 7.77.